The molecule has 92 valence electrons. The van der Waals surface area contributed by atoms with Gasteiger partial charge >= 0.3 is 5.97 Å². The Morgan fingerprint density at radius 2 is 2.12 bits per heavy atom. The molecule has 0 atom stereocenters. The van der Waals surface area contributed by atoms with E-state index < -0.39 is 5.97 Å². The zero-order valence-corrected chi connectivity index (χ0v) is 10.2. The van der Waals surface area contributed by atoms with Crippen LogP contribution in [0, 0.1) is 6.92 Å². The molecular weight excluding hydrogens is 214 g/mol. The predicted octanol–water partition coefficient (Wildman–Crippen LogP) is 2.98. The molecule has 1 aromatic rings. The van der Waals surface area contributed by atoms with Crippen LogP contribution in [0.15, 0.2) is 18.2 Å². The van der Waals surface area contributed by atoms with Crippen LogP contribution in [0.4, 0.5) is 5.69 Å². The number of nitrogens with one attached hydrogen (secondary N) is 1. The van der Waals surface area contributed by atoms with Crippen LogP contribution in [0.25, 0.3) is 0 Å². The first-order valence-electron chi connectivity index (χ1n) is 6.23. The van der Waals surface area contributed by atoms with E-state index in [1.165, 1.54) is 25.7 Å². The summed E-state index contributed by atoms with van der Waals surface area (Å²) in [7, 11) is 0. The molecule has 1 saturated carbocycles. The Morgan fingerprint density at radius 3 is 2.76 bits per heavy atom. The van der Waals surface area contributed by atoms with Crippen LogP contribution in [0.1, 0.15) is 36.8 Å². The molecule has 0 unspecified atom stereocenters. The molecule has 3 nitrogen and oxygen atoms in total. The summed E-state index contributed by atoms with van der Waals surface area (Å²) in [5.74, 6) is -0.773. The van der Waals surface area contributed by atoms with Crippen molar-refractivity contribution in [3.8, 4) is 0 Å². The first-order chi connectivity index (χ1) is 8.15. The Bertz CT molecular complexity index is 409. The maximum atomic E-state index is 10.8. The van der Waals surface area contributed by atoms with E-state index in [-0.39, 0.29) is 6.42 Å². The third kappa shape index (κ3) is 3.22. The van der Waals surface area contributed by atoms with Crippen molar-refractivity contribution >= 4 is 11.7 Å². The van der Waals surface area contributed by atoms with Crippen molar-refractivity contribution in [3.05, 3.63) is 29.3 Å². The van der Waals surface area contributed by atoms with Crippen molar-refractivity contribution in [2.24, 2.45) is 0 Å². The monoisotopic (exact) mass is 233 g/mol. The van der Waals surface area contributed by atoms with Crippen LogP contribution in [0.3, 0.4) is 0 Å². The maximum absolute atomic E-state index is 10.8. The predicted molar refractivity (Wildman–Crippen MR) is 68.4 cm³/mol. The number of aliphatic carboxylic acids is 1. The van der Waals surface area contributed by atoms with Crippen molar-refractivity contribution in [2.45, 2.75) is 45.1 Å². The average Bonchev–Trinajstić information content (AvgIpc) is 2.74. The lowest BCUT2D eigenvalue weighted by atomic mass is 10.1. The van der Waals surface area contributed by atoms with E-state index in [9.17, 15) is 4.79 Å². The molecular formula is C14H19NO2. The molecule has 0 aromatic heterocycles. The molecule has 2 N–H and O–H groups in total. The molecule has 0 heterocycles. The molecule has 0 spiro atoms. The number of benzene rings is 1. The van der Waals surface area contributed by atoms with Gasteiger partial charge in [-0.05, 0) is 31.4 Å². The molecule has 0 amide bonds. The van der Waals surface area contributed by atoms with Gasteiger partial charge < -0.3 is 10.4 Å². The fourth-order valence-corrected chi connectivity index (χ4v) is 2.46. The molecule has 0 aliphatic heterocycles. The largest absolute Gasteiger partial charge is 0.481 e. The summed E-state index contributed by atoms with van der Waals surface area (Å²) in [6, 6.07) is 6.52. The third-order valence-electron chi connectivity index (χ3n) is 3.32. The highest BCUT2D eigenvalue weighted by Gasteiger charge is 2.16. The van der Waals surface area contributed by atoms with Gasteiger partial charge in [-0.3, -0.25) is 4.79 Å². The van der Waals surface area contributed by atoms with Crippen LogP contribution in [-0.2, 0) is 11.2 Å². The minimum Gasteiger partial charge on any atom is -0.481 e. The molecule has 1 aliphatic rings. The maximum Gasteiger partial charge on any atom is 0.307 e. The van der Waals surface area contributed by atoms with Gasteiger partial charge in [0, 0.05) is 11.7 Å². The zero-order valence-electron chi connectivity index (χ0n) is 10.2. The van der Waals surface area contributed by atoms with Gasteiger partial charge in [0.25, 0.3) is 0 Å². The quantitative estimate of drug-likeness (QED) is 0.840. The molecule has 0 saturated heterocycles. The van der Waals surface area contributed by atoms with Gasteiger partial charge in [0.2, 0.25) is 0 Å². The van der Waals surface area contributed by atoms with E-state index in [1.807, 2.05) is 25.1 Å². The molecule has 0 bridgehead atoms. The Morgan fingerprint density at radius 1 is 1.41 bits per heavy atom. The summed E-state index contributed by atoms with van der Waals surface area (Å²) in [5.41, 5.74) is 2.99. The second-order valence-corrected chi connectivity index (χ2v) is 4.86. The topological polar surface area (TPSA) is 49.3 Å². The van der Waals surface area contributed by atoms with Gasteiger partial charge in [0.05, 0.1) is 6.42 Å². The first-order valence-corrected chi connectivity index (χ1v) is 6.23. The highest BCUT2D eigenvalue weighted by atomic mass is 16.4. The number of carboxylic acid groups (broad SMARTS) is 1. The Kier molecular flexibility index (Phi) is 3.67. The van der Waals surface area contributed by atoms with Crippen LogP contribution >= 0.6 is 0 Å². The van der Waals surface area contributed by atoms with Gasteiger partial charge in [-0.1, -0.05) is 30.5 Å². The van der Waals surface area contributed by atoms with Crippen LogP contribution in [0.2, 0.25) is 0 Å². The van der Waals surface area contributed by atoms with Crippen LogP contribution < -0.4 is 5.32 Å². The second kappa shape index (κ2) is 5.21. The number of carbonyl (C=O) groups is 1. The number of carboxylic acids is 1. The van der Waals surface area contributed by atoms with Crippen molar-refractivity contribution in [1.82, 2.24) is 0 Å². The number of hydrogen-bond acceptors (Lipinski definition) is 2. The smallest absolute Gasteiger partial charge is 0.307 e. The van der Waals surface area contributed by atoms with Crippen molar-refractivity contribution in [3.63, 3.8) is 0 Å². The van der Waals surface area contributed by atoms with Crippen molar-refractivity contribution < 1.29 is 9.90 Å². The summed E-state index contributed by atoms with van der Waals surface area (Å²) >= 11 is 0. The Labute approximate surface area is 102 Å². The van der Waals surface area contributed by atoms with Gasteiger partial charge in [0.15, 0.2) is 0 Å². The lowest BCUT2D eigenvalue weighted by Gasteiger charge is -2.17. The summed E-state index contributed by atoms with van der Waals surface area (Å²) in [4.78, 5) is 10.8. The number of anilines is 1. The molecule has 1 aromatic carbocycles. The first kappa shape index (κ1) is 12.0. The lowest BCUT2D eigenvalue weighted by Crippen LogP contribution is -2.16. The van der Waals surface area contributed by atoms with Gasteiger partial charge in [-0.25, -0.2) is 0 Å². The third-order valence-corrected chi connectivity index (χ3v) is 3.32. The minimum atomic E-state index is -0.773. The van der Waals surface area contributed by atoms with E-state index >= 15 is 0 Å². The van der Waals surface area contributed by atoms with Crippen LogP contribution in [0.5, 0.6) is 0 Å². The lowest BCUT2D eigenvalue weighted by molar-refractivity contribution is -0.136. The SMILES string of the molecule is Cc1ccc(NC2CCCC2)c(CC(=O)O)c1. The summed E-state index contributed by atoms with van der Waals surface area (Å²) < 4.78 is 0. The molecule has 3 heteroatoms. The average molecular weight is 233 g/mol. The van der Waals surface area contributed by atoms with E-state index in [0.717, 1.165) is 16.8 Å². The molecule has 1 fully saturated rings. The molecule has 17 heavy (non-hydrogen) atoms. The second-order valence-electron chi connectivity index (χ2n) is 4.86. The molecule has 1 aliphatic carbocycles. The standard InChI is InChI=1S/C14H19NO2/c1-10-6-7-13(11(8-10)9-14(16)17)15-12-4-2-3-5-12/h6-8,12,15H,2-5,9H2,1H3,(H,16,17). The number of rotatable bonds is 4. The number of hydrogen-bond donors (Lipinski definition) is 2. The molecule has 0 radical (unpaired) electrons. The summed E-state index contributed by atoms with van der Waals surface area (Å²) in [6.45, 7) is 1.99. The molecule has 2 rings (SSSR count). The fourth-order valence-electron chi connectivity index (χ4n) is 2.46. The minimum absolute atomic E-state index is 0.0940. The summed E-state index contributed by atoms with van der Waals surface area (Å²) in [6.07, 6.45) is 5.03. The Hall–Kier alpha value is -1.51. The Balaban J connectivity index is 2.15. The highest BCUT2D eigenvalue weighted by Crippen LogP contribution is 2.25. The van der Waals surface area contributed by atoms with E-state index in [1.54, 1.807) is 0 Å². The van der Waals surface area contributed by atoms with Crippen LogP contribution in [-0.4, -0.2) is 17.1 Å². The number of aryl methyl sites for hydroxylation is 1. The van der Waals surface area contributed by atoms with Gasteiger partial charge in [-0.2, -0.15) is 0 Å². The zero-order chi connectivity index (χ0) is 12.3. The highest BCUT2D eigenvalue weighted by molar-refractivity contribution is 5.73. The fraction of sp³-hybridized carbons (Fsp3) is 0.500. The normalized spacial score (nSPS) is 16.1. The van der Waals surface area contributed by atoms with E-state index in [0.29, 0.717) is 6.04 Å². The van der Waals surface area contributed by atoms with E-state index in [4.69, 9.17) is 5.11 Å². The van der Waals surface area contributed by atoms with E-state index in [2.05, 4.69) is 5.32 Å². The van der Waals surface area contributed by atoms with Gasteiger partial charge in [-0.15, -0.1) is 0 Å². The van der Waals surface area contributed by atoms with Gasteiger partial charge in [0.1, 0.15) is 0 Å². The van der Waals surface area contributed by atoms with Crippen molar-refractivity contribution in [1.29, 1.82) is 0 Å². The summed E-state index contributed by atoms with van der Waals surface area (Å²) in [5, 5.41) is 12.4. The van der Waals surface area contributed by atoms with Crippen molar-refractivity contribution in [2.75, 3.05) is 5.32 Å².